The van der Waals surface area contributed by atoms with Crippen molar-refractivity contribution >= 4 is 6.09 Å². The van der Waals surface area contributed by atoms with E-state index in [9.17, 15) is 4.79 Å². The highest BCUT2D eigenvalue weighted by Crippen LogP contribution is 2.34. The van der Waals surface area contributed by atoms with E-state index >= 15 is 0 Å². The summed E-state index contributed by atoms with van der Waals surface area (Å²) in [7, 11) is 0. The summed E-state index contributed by atoms with van der Waals surface area (Å²) >= 11 is 0. The molecule has 0 aromatic rings. The van der Waals surface area contributed by atoms with E-state index in [1.807, 2.05) is 34.6 Å². The van der Waals surface area contributed by atoms with Crippen molar-refractivity contribution in [2.75, 3.05) is 13.2 Å². The van der Waals surface area contributed by atoms with Gasteiger partial charge in [-0.3, -0.25) is 4.90 Å². The first-order chi connectivity index (χ1) is 8.29. The van der Waals surface area contributed by atoms with Gasteiger partial charge in [0, 0.05) is 6.54 Å². The van der Waals surface area contributed by atoms with E-state index in [-0.39, 0.29) is 12.1 Å². The summed E-state index contributed by atoms with van der Waals surface area (Å²) in [5.74, 6) is 0. The summed E-state index contributed by atoms with van der Waals surface area (Å²) in [5.41, 5.74) is 4.66. The third-order valence-electron chi connectivity index (χ3n) is 3.32. The first kappa shape index (κ1) is 15.2. The SMILES string of the molecule is CCC1(CC)OCC(CN)N1C(=O)OC(C)(C)C. The van der Waals surface area contributed by atoms with Crippen LogP contribution in [0.5, 0.6) is 0 Å². The summed E-state index contributed by atoms with van der Waals surface area (Å²) in [6.07, 6.45) is 1.14. The number of hydrogen-bond acceptors (Lipinski definition) is 4. The molecule has 1 atom stereocenters. The summed E-state index contributed by atoms with van der Waals surface area (Å²) in [5, 5.41) is 0. The molecule has 0 aromatic carbocycles. The van der Waals surface area contributed by atoms with Crippen molar-refractivity contribution in [3.63, 3.8) is 0 Å². The summed E-state index contributed by atoms with van der Waals surface area (Å²) in [4.78, 5) is 14.0. The van der Waals surface area contributed by atoms with E-state index in [0.29, 0.717) is 13.2 Å². The van der Waals surface area contributed by atoms with E-state index < -0.39 is 11.3 Å². The van der Waals surface area contributed by atoms with Gasteiger partial charge in [-0.1, -0.05) is 13.8 Å². The van der Waals surface area contributed by atoms with Crippen molar-refractivity contribution in [1.82, 2.24) is 4.90 Å². The minimum Gasteiger partial charge on any atom is -0.444 e. The Bertz CT molecular complexity index is 295. The fourth-order valence-corrected chi connectivity index (χ4v) is 2.32. The van der Waals surface area contributed by atoms with Crippen molar-refractivity contribution in [1.29, 1.82) is 0 Å². The Kier molecular flexibility index (Phi) is 4.61. The number of nitrogens with two attached hydrogens (primary N) is 1. The monoisotopic (exact) mass is 258 g/mol. The van der Waals surface area contributed by atoms with Gasteiger partial charge in [-0.25, -0.2) is 4.79 Å². The standard InChI is InChI=1S/C13H26N2O3/c1-6-13(7-2)15(10(8-14)9-17-13)11(16)18-12(3,4)5/h10H,6-9,14H2,1-5H3. The molecule has 1 saturated heterocycles. The highest BCUT2D eigenvalue weighted by Gasteiger charge is 2.48. The molecule has 106 valence electrons. The third kappa shape index (κ3) is 2.95. The van der Waals surface area contributed by atoms with Crippen LogP contribution in [0.2, 0.25) is 0 Å². The fraction of sp³-hybridized carbons (Fsp3) is 0.923. The zero-order valence-electron chi connectivity index (χ0n) is 12.2. The second-order valence-electron chi connectivity index (χ2n) is 5.70. The second kappa shape index (κ2) is 5.45. The number of carbonyl (C=O) groups is 1. The highest BCUT2D eigenvalue weighted by atomic mass is 16.6. The molecule has 1 aliphatic rings. The van der Waals surface area contributed by atoms with Crippen LogP contribution in [0.15, 0.2) is 0 Å². The van der Waals surface area contributed by atoms with E-state index in [0.717, 1.165) is 12.8 Å². The maximum atomic E-state index is 12.3. The topological polar surface area (TPSA) is 64.8 Å². The molecule has 1 amide bonds. The first-order valence-electron chi connectivity index (χ1n) is 6.66. The molecule has 0 bridgehead atoms. The Morgan fingerprint density at radius 2 is 2.00 bits per heavy atom. The molecule has 0 aromatic heterocycles. The quantitative estimate of drug-likeness (QED) is 0.842. The molecule has 18 heavy (non-hydrogen) atoms. The normalized spacial score (nSPS) is 23.2. The molecule has 0 radical (unpaired) electrons. The molecule has 1 unspecified atom stereocenters. The van der Waals surface area contributed by atoms with Crippen LogP contribution in [0, 0.1) is 0 Å². The zero-order chi connectivity index (χ0) is 14.0. The lowest BCUT2D eigenvalue weighted by molar-refractivity contribution is -0.0916. The van der Waals surface area contributed by atoms with Gasteiger partial charge in [-0.05, 0) is 33.6 Å². The van der Waals surface area contributed by atoms with Gasteiger partial charge in [-0.15, -0.1) is 0 Å². The number of amides is 1. The molecule has 5 nitrogen and oxygen atoms in total. The van der Waals surface area contributed by atoms with Crippen molar-refractivity contribution < 1.29 is 14.3 Å². The number of rotatable bonds is 3. The van der Waals surface area contributed by atoms with E-state index in [1.165, 1.54) is 0 Å². The van der Waals surface area contributed by atoms with Crippen LogP contribution in [0.25, 0.3) is 0 Å². The second-order valence-corrected chi connectivity index (χ2v) is 5.70. The van der Waals surface area contributed by atoms with Crippen LogP contribution in [0.3, 0.4) is 0 Å². The van der Waals surface area contributed by atoms with Gasteiger partial charge in [-0.2, -0.15) is 0 Å². The highest BCUT2D eigenvalue weighted by molar-refractivity contribution is 5.70. The Morgan fingerprint density at radius 1 is 1.44 bits per heavy atom. The third-order valence-corrected chi connectivity index (χ3v) is 3.32. The molecule has 1 aliphatic heterocycles. The molecule has 1 rings (SSSR count). The number of nitrogens with zero attached hydrogens (tertiary/aromatic N) is 1. The van der Waals surface area contributed by atoms with Crippen LogP contribution in [-0.2, 0) is 9.47 Å². The Hall–Kier alpha value is -0.810. The fourth-order valence-electron chi connectivity index (χ4n) is 2.32. The molecule has 0 spiro atoms. The molecular weight excluding hydrogens is 232 g/mol. The van der Waals surface area contributed by atoms with Crippen LogP contribution in [-0.4, -0.2) is 41.5 Å². The van der Waals surface area contributed by atoms with Crippen LogP contribution in [0.1, 0.15) is 47.5 Å². The number of carbonyl (C=O) groups excluding carboxylic acids is 1. The summed E-state index contributed by atoms with van der Waals surface area (Å²) < 4.78 is 11.3. The van der Waals surface area contributed by atoms with Gasteiger partial charge in [0.05, 0.1) is 12.6 Å². The molecule has 0 aliphatic carbocycles. The first-order valence-corrected chi connectivity index (χ1v) is 6.66. The summed E-state index contributed by atoms with van der Waals surface area (Å²) in [6.45, 7) is 10.5. The van der Waals surface area contributed by atoms with Crippen LogP contribution >= 0.6 is 0 Å². The van der Waals surface area contributed by atoms with Gasteiger partial charge >= 0.3 is 6.09 Å². The van der Waals surface area contributed by atoms with Gasteiger partial charge in [0.2, 0.25) is 0 Å². The van der Waals surface area contributed by atoms with Gasteiger partial charge in [0.15, 0.2) is 0 Å². The van der Waals surface area contributed by atoms with Crippen LogP contribution < -0.4 is 5.73 Å². The van der Waals surface area contributed by atoms with Gasteiger partial charge in [0.1, 0.15) is 11.3 Å². The van der Waals surface area contributed by atoms with E-state index in [2.05, 4.69) is 0 Å². The lowest BCUT2D eigenvalue weighted by atomic mass is 10.1. The molecule has 1 fully saturated rings. The minimum absolute atomic E-state index is 0.0975. The lowest BCUT2D eigenvalue weighted by Crippen LogP contribution is -2.54. The van der Waals surface area contributed by atoms with E-state index in [1.54, 1.807) is 4.90 Å². The average molecular weight is 258 g/mol. The van der Waals surface area contributed by atoms with Crippen molar-refractivity contribution in [2.24, 2.45) is 5.73 Å². The zero-order valence-corrected chi connectivity index (χ0v) is 12.2. The summed E-state index contributed by atoms with van der Waals surface area (Å²) in [6, 6.07) is -0.0975. The average Bonchev–Trinajstić information content (AvgIpc) is 2.65. The molecule has 0 saturated carbocycles. The predicted molar refractivity (Wildman–Crippen MR) is 70.2 cm³/mol. The molecular formula is C13H26N2O3. The minimum atomic E-state index is -0.563. The maximum Gasteiger partial charge on any atom is 0.412 e. The predicted octanol–water partition coefficient (Wildman–Crippen LogP) is 2.10. The van der Waals surface area contributed by atoms with Crippen molar-refractivity contribution in [2.45, 2.75) is 64.8 Å². The molecule has 5 heteroatoms. The molecule has 2 N–H and O–H groups in total. The van der Waals surface area contributed by atoms with Crippen molar-refractivity contribution in [3.05, 3.63) is 0 Å². The molecule has 1 heterocycles. The van der Waals surface area contributed by atoms with Crippen LogP contribution in [0.4, 0.5) is 4.79 Å². The lowest BCUT2D eigenvalue weighted by Gasteiger charge is -2.38. The largest absolute Gasteiger partial charge is 0.444 e. The Morgan fingerprint density at radius 3 is 2.39 bits per heavy atom. The number of hydrogen-bond donors (Lipinski definition) is 1. The van der Waals surface area contributed by atoms with Gasteiger partial charge in [0.25, 0.3) is 0 Å². The van der Waals surface area contributed by atoms with Crippen molar-refractivity contribution in [3.8, 4) is 0 Å². The number of ether oxygens (including phenoxy) is 2. The maximum absolute atomic E-state index is 12.3. The van der Waals surface area contributed by atoms with Gasteiger partial charge < -0.3 is 15.2 Å². The smallest absolute Gasteiger partial charge is 0.412 e. The Labute approximate surface area is 110 Å². The Balaban J connectivity index is 2.94. The van der Waals surface area contributed by atoms with E-state index in [4.69, 9.17) is 15.2 Å².